The van der Waals surface area contributed by atoms with E-state index >= 15 is 0 Å². The first kappa shape index (κ1) is 28.3. The van der Waals surface area contributed by atoms with Gasteiger partial charge in [-0.15, -0.1) is 5.10 Å². The Morgan fingerprint density at radius 2 is 2.00 bits per heavy atom. The number of amides is 1. The Morgan fingerprint density at radius 1 is 1.24 bits per heavy atom. The summed E-state index contributed by atoms with van der Waals surface area (Å²) in [6, 6.07) is 15.6. The molecule has 0 saturated heterocycles. The van der Waals surface area contributed by atoms with E-state index in [1.807, 2.05) is 24.3 Å². The van der Waals surface area contributed by atoms with E-state index in [4.69, 9.17) is 26.4 Å². The molecule has 0 unspecified atom stereocenters. The Hall–Kier alpha value is -5.27. The van der Waals surface area contributed by atoms with Gasteiger partial charge in [0.1, 0.15) is 17.9 Å². The molecule has 0 radical (unpaired) electrons. The number of carbonyl (C=O) groups is 1. The second kappa shape index (κ2) is 12.1. The molecule has 0 aliphatic heterocycles. The van der Waals surface area contributed by atoms with Crippen molar-refractivity contribution in [2.24, 2.45) is 0 Å². The molecule has 2 aromatic heterocycles. The van der Waals surface area contributed by atoms with Crippen LogP contribution in [-0.4, -0.2) is 64.1 Å². The molecular formula is C28H27ClN10O3. The number of methoxy groups -OCH3 is 1. The fraction of sp³-hybridized carbons (Fsp3) is 0.286. The molecule has 2 heterocycles. The van der Waals surface area contributed by atoms with E-state index in [1.165, 1.54) is 10.7 Å². The highest BCUT2D eigenvalue weighted by molar-refractivity contribution is 6.33. The molecule has 4 aromatic rings. The van der Waals surface area contributed by atoms with E-state index in [0.29, 0.717) is 46.5 Å². The highest BCUT2D eigenvalue weighted by Gasteiger charge is 2.33. The van der Waals surface area contributed by atoms with Crippen LogP contribution in [0.15, 0.2) is 42.6 Å². The topological polar surface area (TPSA) is 168 Å². The van der Waals surface area contributed by atoms with Crippen molar-refractivity contribution >= 4 is 46.5 Å². The lowest BCUT2D eigenvalue weighted by atomic mass is 10.1. The van der Waals surface area contributed by atoms with Crippen LogP contribution in [0.1, 0.15) is 29.7 Å². The van der Waals surface area contributed by atoms with Crippen LogP contribution in [0.3, 0.4) is 0 Å². The Balaban J connectivity index is 1.49. The molecule has 0 atom stereocenters. The van der Waals surface area contributed by atoms with E-state index in [1.54, 1.807) is 31.2 Å². The molecule has 1 saturated carbocycles. The molecule has 1 fully saturated rings. The third-order valence-electron chi connectivity index (χ3n) is 6.82. The molecular weight excluding hydrogens is 560 g/mol. The van der Waals surface area contributed by atoms with Gasteiger partial charge in [-0.2, -0.15) is 20.0 Å². The van der Waals surface area contributed by atoms with Gasteiger partial charge in [-0.3, -0.25) is 0 Å². The number of imidazole rings is 1. The van der Waals surface area contributed by atoms with Gasteiger partial charge in [0.25, 0.3) is 0 Å². The van der Waals surface area contributed by atoms with Crippen molar-refractivity contribution in [3.05, 3.63) is 64.4 Å². The Bertz CT molecular complexity index is 1710. The first-order valence-corrected chi connectivity index (χ1v) is 13.4. The van der Waals surface area contributed by atoms with Crippen molar-refractivity contribution in [1.82, 2.24) is 24.9 Å². The molecule has 1 amide bonds. The average molecular weight is 587 g/mol. The Morgan fingerprint density at radius 3 is 2.64 bits per heavy atom. The highest BCUT2D eigenvalue weighted by Crippen LogP contribution is 2.36. The number of benzene rings is 2. The lowest BCUT2D eigenvalue weighted by molar-refractivity contribution is 0.195. The zero-order valence-corrected chi connectivity index (χ0v) is 23.6. The number of aromatic nitrogens is 4. The number of nitrogens with one attached hydrogen (secondary N) is 2. The van der Waals surface area contributed by atoms with Crippen LogP contribution in [0.5, 0.6) is 5.75 Å². The molecule has 42 heavy (non-hydrogen) atoms. The van der Waals surface area contributed by atoms with E-state index in [9.17, 15) is 15.3 Å². The lowest BCUT2D eigenvalue weighted by Crippen LogP contribution is -2.32. The average Bonchev–Trinajstić information content (AvgIpc) is 3.75. The van der Waals surface area contributed by atoms with Crippen LogP contribution in [0.2, 0.25) is 5.02 Å². The number of rotatable bonds is 11. The van der Waals surface area contributed by atoms with Gasteiger partial charge in [-0.25, -0.2) is 9.78 Å². The highest BCUT2D eigenvalue weighted by atomic mass is 35.5. The third kappa shape index (κ3) is 6.06. The number of carboxylic acid groups (broad SMARTS) is 1. The number of hydrogen-bond donors (Lipinski definition) is 3. The van der Waals surface area contributed by atoms with Crippen LogP contribution < -0.4 is 25.2 Å². The Labute approximate surface area is 246 Å². The number of likely N-dealkylation sites (N-methyl/N-ethyl adjacent to an activating group) is 1. The van der Waals surface area contributed by atoms with Crippen LogP contribution in [0, 0.1) is 22.7 Å². The van der Waals surface area contributed by atoms with Crippen molar-refractivity contribution in [3.63, 3.8) is 0 Å². The van der Waals surface area contributed by atoms with Gasteiger partial charge in [0.2, 0.25) is 5.95 Å². The van der Waals surface area contributed by atoms with Crippen molar-refractivity contribution < 1.29 is 14.6 Å². The van der Waals surface area contributed by atoms with Crippen LogP contribution in [0.4, 0.5) is 27.9 Å². The van der Waals surface area contributed by atoms with Crippen molar-refractivity contribution in [2.75, 3.05) is 42.4 Å². The molecule has 14 heteroatoms. The van der Waals surface area contributed by atoms with Crippen LogP contribution in [0.25, 0.3) is 5.65 Å². The van der Waals surface area contributed by atoms with Gasteiger partial charge in [0.15, 0.2) is 17.2 Å². The Kier molecular flexibility index (Phi) is 8.13. The summed E-state index contributed by atoms with van der Waals surface area (Å²) in [6.45, 7) is 1.06. The normalized spacial score (nSPS) is 12.3. The summed E-state index contributed by atoms with van der Waals surface area (Å²) in [6.07, 6.45) is 2.32. The largest absolute Gasteiger partial charge is 0.497 e. The number of halogens is 1. The van der Waals surface area contributed by atoms with Crippen LogP contribution in [-0.2, 0) is 6.54 Å². The number of nitriles is 2. The van der Waals surface area contributed by atoms with Gasteiger partial charge in [-0.05, 0) is 42.7 Å². The molecule has 1 aliphatic rings. The first-order valence-electron chi connectivity index (χ1n) is 13.0. The quantitative estimate of drug-likeness (QED) is 0.231. The maximum Gasteiger partial charge on any atom is 0.404 e. The molecule has 1 aliphatic carbocycles. The zero-order chi connectivity index (χ0) is 29.8. The number of fused-ring (bicyclic) bond motifs is 1. The minimum absolute atomic E-state index is 0.171. The van der Waals surface area contributed by atoms with Gasteiger partial charge in [-0.1, -0.05) is 23.7 Å². The van der Waals surface area contributed by atoms with E-state index in [-0.39, 0.29) is 24.2 Å². The molecule has 2 aromatic carbocycles. The summed E-state index contributed by atoms with van der Waals surface area (Å²) in [4.78, 5) is 24.0. The summed E-state index contributed by atoms with van der Waals surface area (Å²) < 4.78 is 6.74. The number of anilines is 4. The first-order chi connectivity index (χ1) is 20.3. The maximum atomic E-state index is 10.8. The second-order valence-electron chi connectivity index (χ2n) is 9.70. The fourth-order valence-corrected chi connectivity index (χ4v) is 4.72. The second-order valence-corrected chi connectivity index (χ2v) is 10.1. The molecule has 214 valence electrons. The fourth-order valence-electron chi connectivity index (χ4n) is 4.51. The summed E-state index contributed by atoms with van der Waals surface area (Å²) in [7, 11) is 3.37. The van der Waals surface area contributed by atoms with Crippen molar-refractivity contribution in [2.45, 2.75) is 25.4 Å². The molecule has 3 N–H and O–H groups in total. The van der Waals surface area contributed by atoms with E-state index in [0.717, 1.165) is 24.2 Å². The zero-order valence-electron chi connectivity index (χ0n) is 22.9. The minimum Gasteiger partial charge on any atom is -0.497 e. The third-order valence-corrected chi connectivity index (χ3v) is 7.13. The number of nitrogens with zero attached hydrogens (tertiary/aromatic N) is 8. The predicted octanol–water partition coefficient (Wildman–Crippen LogP) is 4.15. The number of hydrogen-bond acceptors (Lipinski definition) is 10. The van der Waals surface area contributed by atoms with Crippen molar-refractivity contribution in [1.29, 1.82) is 10.5 Å². The SMILES string of the molecule is COc1ccc(CN(c2nc(Nc3cc(C#N)c(N(C)CCNC(=O)O)cc3Cl)nn3c(C#N)cnc23)C2CC2)cc1. The van der Waals surface area contributed by atoms with E-state index in [2.05, 4.69) is 37.8 Å². The molecule has 0 bridgehead atoms. The van der Waals surface area contributed by atoms with Gasteiger partial charge >= 0.3 is 6.09 Å². The predicted molar refractivity (Wildman–Crippen MR) is 156 cm³/mol. The van der Waals surface area contributed by atoms with Gasteiger partial charge in [0.05, 0.1) is 35.3 Å². The van der Waals surface area contributed by atoms with Crippen LogP contribution >= 0.6 is 11.6 Å². The lowest BCUT2D eigenvalue weighted by Gasteiger charge is -2.25. The summed E-state index contributed by atoms with van der Waals surface area (Å²) in [5, 5.41) is 38.6. The maximum absolute atomic E-state index is 10.8. The van der Waals surface area contributed by atoms with Crippen molar-refractivity contribution in [3.8, 4) is 17.9 Å². The monoisotopic (exact) mass is 586 g/mol. The minimum atomic E-state index is -1.13. The molecule has 5 rings (SSSR count). The van der Waals surface area contributed by atoms with Gasteiger partial charge in [0, 0.05) is 32.7 Å². The smallest absolute Gasteiger partial charge is 0.404 e. The van der Waals surface area contributed by atoms with Gasteiger partial charge < -0.3 is 30.3 Å². The van der Waals surface area contributed by atoms with E-state index < -0.39 is 6.09 Å². The summed E-state index contributed by atoms with van der Waals surface area (Å²) >= 11 is 6.63. The standard InChI is InChI=1S/C28H27ClN10O3/c1-37(10-9-32-28(40)41)24-12-22(29)23(11-18(24)13-30)34-27-35-26(25-33-15-20(14-31)39(25)36-27)38(19-5-6-19)16-17-3-7-21(42-2)8-4-17/h3-4,7-8,11-12,15,19,32H,5-6,9-10,16H2,1-2H3,(H,34,36)(H,40,41). The molecule has 13 nitrogen and oxygen atoms in total. The molecule has 0 spiro atoms. The summed E-state index contributed by atoms with van der Waals surface area (Å²) in [5.74, 6) is 1.50. The number of ether oxygens (including phenoxy) is 1. The summed E-state index contributed by atoms with van der Waals surface area (Å²) in [5.41, 5.74) is 3.01.